The normalized spacial score (nSPS) is 11.0. The summed E-state index contributed by atoms with van der Waals surface area (Å²) in [6, 6.07) is 13.7. The fraction of sp³-hybridized carbons (Fsp3) is 0.105. The van der Waals surface area contributed by atoms with Gasteiger partial charge in [-0.25, -0.2) is 0 Å². The van der Waals surface area contributed by atoms with Crippen molar-refractivity contribution >= 4 is 22.9 Å². The molecule has 114 valence electrons. The number of aromatic nitrogens is 2. The Morgan fingerprint density at radius 2 is 1.96 bits per heavy atom. The van der Waals surface area contributed by atoms with Gasteiger partial charge in [-0.1, -0.05) is 30.3 Å². The Labute approximate surface area is 135 Å². The van der Waals surface area contributed by atoms with E-state index >= 15 is 0 Å². The maximum Gasteiger partial charge on any atom is 0.246 e. The monoisotopic (exact) mass is 303 g/mol. The summed E-state index contributed by atoms with van der Waals surface area (Å²) in [4.78, 5) is 22.4. The number of fused-ring (bicyclic) bond motifs is 1. The van der Waals surface area contributed by atoms with Crippen LogP contribution in [0.1, 0.15) is 11.1 Å². The van der Waals surface area contributed by atoms with Crippen molar-refractivity contribution in [1.29, 1.82) is 0 Å². The molecule has 1 amide bonds. The molecule has 3 rings (SSSR count). The first-order valence-corrected chi connectivity index (χ1v) is 7.40. The van der Waals surface area contributed by atoms with Gasteiger partial charge in [0.15, 0.2) is 0 Å². The first-order chi connectivity index (χ1) is 11.2. The molecule has 0 saturated carbocycles. The standard InChI is InChI=1S/C19H17N3O/c1-22(14-15-5-3-11-20-13-15)18(23)10-9-17-7-2-6-16-8-4-12-21-19(16)17/h2-13H,14H2,1H3/b10-9+. The van der Waals surface area contributed by atoms with Crippen LogP contribution in [0.2, 0.25) is 0 Å². The van der Waals surface area contributed by atoms with Crippen LogP contribution in [0.4, 0.5) is 0 Å². The maximum absolute atomic E-state index is 12.3. The van der Waals surface area contributed by atoms with Gasteiger partial charge in [0, 0.05) is 49.2 Å². The van der Waals surface area contributed by atoms with Crippen molar-refractivity contribution in [3.8, 4) is 0 Å². The molecule has 0 fully saturated rings. The van der Waals surface area contributed by atoms with Gasteiger partial charge in [-0.15, -0.1) is 0 Å². The van der Waals surface area contributed by atoms with Crippen LogP contribution >= 0.6 is 0 Å². The van der Waals surface area contributed by atoms with Crippen molar-refractivity contribution in [2.24, 2.45) is 0 Å². The molecule has 3 aromatic rings. The fourth-order valence-corrected chi connectivity index (χ4v) is 2.39. The van der Waals surface area contributed by atoms with Gasteiger partial charge in [0.2, 0.25) is 5.91 Å². The molecule has 0 saturated heterocycles. The molecule has 0 unspecified atom stereocenters. The summed E-state index contributed by atoms with van der Waals surface area (Å²) in [6.45, 7) is 0.533. The number of para-hydroxylation sites is 1. The second-order valence-electron chi connectivity index (χ2n) is 5.31. The summed E-state index contributed by atoms with van der Waals surface area (Å²) in [5, 5.41) is 1.06. The second-order valence-corrected chi connectivity index (χ2v) is 5.31. The van der Waals surface area contributed by atoms with Crippen LogP contribution in [0.3, 0.4) is 0 Å². The molecule has 0 spiro atoms. The number of pyridine rings is 2. The molecule has 0 aliphatic rings. The van der Waals surface area contributed by atoms with E-state index in [1.165, 1.54) is 0 Å². The lowest BCUT2D eigenvalue weighted by atomic mass is 10.1. The van der Waals surface area contributed by atoms with E-state index in [-0.39, 0.29) is 5.91 Å². The topological polar surface area (TPSA) is 46.1 Å². The summed E-state index contributed by atoms with van der Waals surface area (Å²) in [5.74, 6) is -0.0539. The Balaban J connectivity index is 1.75. The van der Waals surface area contributed by atoms with Gasteiger partial charge in [0.25, 0.3) is 0 Å². The quantitative estimate of drug-likeness (QED) is 0.695. The van der Waals surface area contributed by atoms with Gasteiger partial charge in [-0.2, -0.15) is 0 Å². The second kappa shape index (κ2) is 6.83. The molecule has 23 heavy (non-hydrogen) atoms. The van der Waals surface area contributed by atoms with E-state index in [9.17, 15) is 4.79 Å². The van der Waals surface area contributed by atoms with Gasteiger partial charge in [0.05, 0.1) is 5.52 Å². The third-order valence-electron chi connectivity index (χ3n) is 3.59. The molecule has 0 atom stereocenters. The van der Waals surface area contributed by atoms with Gasteiger partial charge < -0.3 is 4.90 Å². The van der Waals surface area contributed by atoms with E-state index in [1.807, 2.05) is 48.5 Å². The fourth-order valence-electron chi connectivity index (χ4n) is 2.39. The largest absolute Gasteiger partial charge is 0.338 e. The van der Waals surface area contributed by atoms with E-state index in [0.29, 0.717) is 6.54 Å². The van der Waals surface area contributed by atoms with E-state index < -0.39 is 0 Å². The average Bonchev–Trinajstić information content (AvgIpc) is 2.60. The zero-order valence-corrected chi connectivity index (χ0v) is 12.9. The minimum Gasteiger partial charge on any atom is -0.338 e. The van der Waals surface area contributed by atoms with Crippen molar-refractivity contribution in [2.75, 3.05) is 7.05 Å². The molecule has 0 aliphatic carbocycles. The first-order valence-electron chi connectivity index (χ1n) is 7.40. The molecular formula is C19H17N3O. The Bertz CT molecular complexity index is 838. The first kappa shape index (κ1) is 14.9. The highest BCUT2D eigenvalue weighted by Gasteiger charge is 2.06. The Morgan fingerprint density at radius 3 is 2.78 bits per heavy atom. The van der Waals surface area contributed by atoms with Crippen LogP contribution in [0.5, 0.6) is 0 Å². The van der Waals surface area contributed by atoms with Crippen LogP contribution in [0, 0.1) is 0 Å². The average molecular weight is 303 g/mol. The van der Waals surface area contributed by atoms with Crippen LogP contribution in [-0.2, 0) is 11.3 Å². The van der Waals surface area contributed by atoms with Crippen molar-refractivity contribution in [2.45, 2.75) is 6.54 Å². The molecule has 0 aliphatic heterocycles. The Morgan fingerprint density at radius 1 is 1.13 bits per heavy atom. The van der Waals surface area contributed by atoms with Crippen molar-refractivity contribution in [3.63, 3.8) is 0 Å². The molecule has 0 bridgehead atoms. The number of benzene rings is 1. The SMILES string of the molecule is CN(Cc1cccnc1)C(=O)/C=C/c1cccc2cccnc12. The molecule has 0 radical (unpaired) electrons. The molecule has 1 aromatic carbocycles. The van der Waals surface area contributed by atoms with Crippen LogP contribution in [0.25, 0.3) is 17.0 Å². The summed E-state index contributed by atoms with van der Waals surface area (Å²) < 4.78 is 0. The highest BCUT2D eigenvalue weighted by molar-refractivity contribution is 5.95. The molecule has 4 nitrogen and oxygen atoms in total. The maximum atomic E-state index is 12.3. The third-order valence-corrected chi connectivity index (χ3v) is 3.59. The number of nitrogens with zero attached hydrogens (tertiary/aromatic N) is 3. The van der Waals surface area contributed by atoms with Crippen molar-refractivity contribution < 1.29 is 4.79 Å². The summed E-state index contributed by atoms with van der Waals surface area (Å²) >= 11 is 0. The van der Waals surface area contributed by atoms with Crippen LogP contribution in [0.15, 0.2) is 67.1 Å². The minimum absolute atomic E-state index is 0.0539. The van der Waals surface area contributed by atoms with Crippen LogP contribution in [-0.4, -0.2) is 27.8 Å². The van der Waals surface area contributed by atoms with Gasteiger partial charge in [0.1, 0.15) is 0 Å². The number of likely N-dealkylation sites (N-methyl/N-ethyl adjacent to an activating group) is 1. The third kappa shape index (κ3) is 3.61. The van der Waals surface area contributed by atoms with E-state index in [2.05, 4.69) is 9.97 Å². The van der Waals surface area contributed by atoms with Gasteiger partial charge in [-0.05, 0) is 23.8 Å². The van der Waals surface area contributed by atoms with E-state index in [4.69, 9.17) is 0 Å². The van der Waals surface area contributed by atoms with E-state index in [1.54, 1.807) is 36.6 Å². The molecular weight excluding hydrogens is 286 g/mol. The highest BCUT2D eigenvalue weighted by Crippen LogP contribution is 2.17. The lowest BCUT2D eigenvalue weighted by molar-refractivity contribution is -0.125. The zero-order valence-electron chi connectivity index (χ0n) is 12.9. The number of hydrogen-bond donors (Lipinski definition) is 0. The molecule has 2 aromatic heterocycles. The van der Waals surface area contributed by atoms with Crippen molar-refractivity contribution in [1.82, 2.24) is 14.9 Å². The van der Waals surface area contributed by atoms with E-state index in [0.717, 1.165) is 22.0 Å². The number of rotatable bonds is 4. The molecule has 4 heteroatoms. The highest BCUT2D eigenvalue weighted by atomic mass is 16.2. The van der Waals surface area contributed by atoms with Crippen molar-refractivity contribution in [3.05, 3.63) is 78.3 Å². The predicted octanol–water partition coefficient (Wildman–Crippen LogP) is 3.30. The predicted molar refractivity (Wildman–Crippen MR) is 91.5 cm³/mol. The number of carbonyl (C=O) groups excluding carboxylic acids is 1. The minimum atomic E-state index is -0.0539. The summed E-state index contributed by atoms with van der Waals surface area (Å²) in [7, 11) is 1.78. The number of carbonyl (C=O) groups is 1. The van der Waals surface area contributed by atoms with Gasteiger partial charge in [-0.3, -0.25) is 14.8 Å². The smallest absolute Gasteiger partial charge is 0.246 e. The lowest BCUT2D eigenvalue weighted by Gasteiger charge is -2.14. The lowest BCUT2D eigenvalue weighted by Crippen LogP contribution is -2.24. The number of amides is 1. The summed E-state index contributed by atoms with van der Waals surface area (Å²) in [6.07, 6.45) is 8.65. The molecule has 0 N–H and O–H groups in total. The Kier molecular flexibility index (Phi) is 4.43. The van der Waals surface area contributed by atoms with Gasteiger partial charge >= 0.3 is 0 Å². The number of hydrogen-bond acceptors (Lipinski definition) is 3. The summed E-state index contributed by atoms with van der Waals surface area (Å²) in [5.41, 5.74) is 2.84. The van der Waals surface area contributed by atoms with Crippen LogP contribution < -0.4 is 0 Å². The molecule has 2 heterocycles. The Hall–Kier alpha value is -3.01. The zero-order chi connectivity index (χ0) is 16.1.